The van der Waals surface area contributed by atoms with E-state index < -0.39 is 0 Å². The minimum atomic E-state index is 0.160. The maximum absolute atomic E-state index is 12.4. The summed E-state index contributed by atoms with van der Waals surface area (Å²) >= 11 is 3.18. The van der Waals surface area contributed by atoms with Crippen LogP contribution in [0.2, 0.25) is 0 Å². The van der Waals surface area contributed by atoms with Gasteiger partial charge in [0.25, 0.3) is 0 Å². The van der Waals surface area contributed by atoms with E-state index in [-0.39, 0.29) is 5.91 Å². The summed E-state index contributed by atoms with van der Waals surface area (Å²) in [6.07, 6.45) is 2.03. The van der Waals surface area contributed by atoms with Crippen molar-refractivity contribution >= 4 is 44.6 Å². The van der Waals surface area contributed by atoms with E-state index in [2.05, 4.69) is 25.9 Å². The quantitative estimate of drug-likeness (QED) is 0.718. The average Bonchev–Trinajstić information content (AvgIpc) is 3.23. The molecule has 124 valence electrons. The van der Waals surface area contributed by atoms with Gasteiger partial charge in [-0.05, 0) is 18.4 Å². The maximum Gasteiger partial charge on any atom is 0.229 e. The number of carbonyl (C=O) groups excluding carboxylic acids is 1. The molecular formula is C16H17N5OS2. The fourth-order valence-electron chi connectivity index (χ4n) is 2.92. The minimum Gasteiger partial charge on any atom is -0.352 e. The van der Waals surface area contributed by atoms with Gasteiger partial charge in [0.05, 0.1) is 11.8 Å². The van der Waals surface area contributed by atoms with Crippen LogP contribution in [-0.4, -0.2) is 51.9 Å². The van der Waals surface area contributed by atoms with Gasteiger partial charge in [0.15, 0.2) is 0 Å². The van der Waals surface area contributed by atoms with Crippen LogP contribution < -0.4 is 4.90 Å². The molecule has 4 rings (SSSR count). The lowest BCUT2D eigenvalue weighted by Crippen LogP contribution is -2.49. The smallest absolute Gasteiger partial charge is 0.229 e. The summed E-state index contributed by atoms with van der Waals surface area (Å²) in [6, 6.07) is 2.07. The SMILES string of the molecule is Cc1csc(CC(=O)N2CCN(c3ncnc4sccc34)CC2)n1. The zero-order valence-corrected chi connectivity index (χ0v) is 14.9. The van der Waals surface area contributed by atoms with Crippen molar-refractivity contribution in [2.75, 3.05) is 31.1 Å². The number of fused-ring (bicyclic) bond motifs is 1. The third kappa shape index (κ3) is 2.99. The predicted octanol–water partition coefficient (Wildman–Crippen LogP) is 2.35. The van der Waals surface area contributed by atoms with Crippen LogP contribution in [0.1, 0.15) is 10.7 Å². The van der Waals surface area contributed by atoms with E-state index in [0.29, 0.717) is 6.42 Å². The van der Waals surface area contributed by atoms with Crippen LogP contribution in [0.4, 0.5) is 5.82 Å². The maximum atomic E-state index is 12.4. The Morgan fingerprint density at radius 2 is 2.04 bits per heavy atom. The van der Waals surface area contributed by atoms with Crippen molar-refractivity contribution in [1.29, 1.82) is 0 Å². The van der Waals surface area contributed by atoms with Crippen molar-refractivity contribution in [3.8, 4) is 0 Å². The molecular weight excluding hydrogens is 342 g/mol. The molecule has 1 aliphatic rings. The van der Waals surface area contributed by atoms with Crippen LogP contribution >= 0.6 is 22.7 Å². The monoisotopic (exact) mass is 359 g/mol. The molecule has 0 aliphatic carbocycles. The number of anilines is 1. The van der Waals surface area contributed by atoms with E-state index in [1.807, 2.05) is 22.6 Å². The number of thiophene rings is 1. The molecule has 0 atom stereocenters. The largest absolute Gasteiger partial charge is 0.352 e. The Morgan fingerprint density at radius 1 is 1.21 bits per heavy atom. The number of piperazine rings is 1. The highest BCUT2D eigenvalue weighted by Crippen LogP contribution is 2.27. The molecule has 4 heterocycles. The molecule has 0 saturated carbocycles. The van der Waals surface area contributed by atoms with Crippen molar-refractivity contribution in [2.24, 2.45) is 0 Å². The van der Waals surface area contributed by atoms with Crippen molar-refractivity contribution in [1.82, 2.24) is 19.9 Å². The summed E-state index contributed by atoms with van der Waals surface area (Å²) in [5, 5.41) is 6.02. The molecule has 0 aromatic carbocycles. The van der Waals surface area contributed by atoms with Gasteiger partial charge >= 0.3 is 0 Å². The van der Waals surface area contributed by atoms with E-state index >= 15 is 0 Å². The standard InChI is InChI=1S/C16H17N5OS2/c1-11-9-24-13(19-11)8-14(22)20-3-5-21(6-4-20)15-12-2-7-23-16(12)18-10-17-15/h2,7,9-10H,3-6,8H2,1H3. The van der Waals surface area contributed by atoms with Crippen LogP contribution in [0.15, 0.2) is 23.2 Å². The average molecular weight is 359 g/mol. The molecule has 24 heavy (non-hydrogen) atoms. The molecule has 1 saturated heterocycles. The molecule has 0 spiro atoms. The Labute approximate surface area is 147 Å². The minimum absolute atomic E-state index is 0.160. The Balaban J connectivity index is 1.41. The first kappa shape index (κ1) is 15.5. The van der Waals surface area contributed by atoms with Crippen LogP contribution in [0.25, 0.3) is 10.2 Å². The number of amides is 1. The van der Waals surface area contributed by atoms with Crippen LogP contribution in [-0.2, 0) is 11.2 Å². The Hall–Kier alpha value is -2.06. The van der Waals surface area contributed by atoms with Gasteiger partial charge in [-0.15, -0.1) is 22.7 Å². The Kier molecular flexibility index (Phi) is 4.15. The summed E-state index contributed by atoms with van der Waals surface area (Å²) in [5.74, 6) is 1.14. The third-order valence-electron chi connectivity index (χ3n) is 4.14. The van der Waals surface area contributed by atoms with Gasteiger partial charge in [-0.2, -0.15) is 0 Å². The van der Waals surface area contributed by atoms with Gasteiger partial charge in [0.1, 0.15) is 22.0 Å². The van der Waals surface area contributed by atoms with Crippen molar-refractivity contribution in [3.63, 3.8) is 0 Å². The molecule has 0 N–H and O–H groups in total. The van der Waals surface area contributed by atoms with Gasteiger partial charge in [-0.3, -0.25) is 4.79 Å². The van der Waals surface area contributed by atoms with Gasteiger partial charge in [0.2, 0.25) is 5.91 Å². The Bertz CT molecular complexity index is 866. The van der Waals surface area contributed by atoms with Crippen molar-refractivity contribution < 1.29 is 4.79 Å². The predicted molar refractivity (Wildman–Crippen MR) is 96.8 cm³/mol. The second kappa shape index (κ2) is 6.45. The number of rotatable bonds is 3. The molecule has 6 nitrogen and oxygen atoms in total. The topological polar surface area (TPSA) is 62.2 Å². The highest BCUT2D eigenvalue weighted by molar-refractivity contribution is 7.16. The second-order valence-electron chi connectivity index (χ2n) is 5.76. The summed E-state index contributed by atoms with van der Waals surface area (Å²) in [6.45, 7) is 4.99. The van der Waals surface area contributed by atoms with Crippen LogP contribution in [0.3, 0.4) is 0 Å². The third-order valence-corrected chi connectivity index (χ3v) is 5.93. The fraction of sp³-hybridized carbons (Fsp3) is 0.375. The Morgan fingerprint density at radius 3 is 2.79 bits per heavy atom. The zero-order chi connectivity index (χ0) is 16.5. The molecule has 0 radical (unpaired) electrons. The van der Waals surface area contributed by atoms with E-state index in [4.69, 9.17) is 0 Å². The first-order chi connectivity index (χ1) is 11.7. The lowest BCUT2D eigenvalue weighted by molar-refractivity contribution is -0.130. The van der Waals surface area contributed by atoms with Crippen LogP contribution in [0.5, 0.6) is 0 Å². The van der Waals surface area contributed by atoms with Gasteiger partial charge in [0, 0.05) is 37.3 Å². The molecule has 3 aromatic rings. The number of hydrogen-bond donors (Lipinski definition) is 0. The number of aromatic nitrogens is 3. The number of hydrogen-bond acceptors (Lipinski definition) is 7. The molecule has 0 bridgehead atoms. The highest BCUT2D eigenvalue weighted by atomic mass is 32.1. The lowest BCUT2D eigenvalue weighted by Gasteiger charge is -2.35. The normalized spacial score (nSPS) is 15.2. The van der Waals surface area contributed by atoms with Crippen molar-refractivity contribution in [2.45, 2.75) is 13.3 Å². The first-order valence-electron chi connectivity index (χ1n) is 7.82. The van der Waals surface area contributed by atoms with Crippen LogP contribution in [0, 0.1) is 6.92 Å². The number of thiazole rings is 1. The number of aryl methyl sites for hydroxylation is 1. The zero-order valence-electron chi connectivity index (χ0n) is 13.3. The number of nitrogens with zero attached hydrogens (tertiary/aromatic N) is 5. The molecule has 8 heteroatoms. The molecule has 0 unspecified atom stereocenters. The summed E-state index contributed by atoms with van der Waals surface area (Å²) in [7, 11) is 0. The fourth-order valence-corrected chi connectivity index (χ4v) is 4.41. The van der Waals surface area contributed by atoms with Gasteiger partial charge in [-0.1, -0.05) is 0 Å². The van der Waals surface area contributed by atoms with E-state index in [9.17, 15) is 4.79 Å². The summed E-state index contributed by atoms with van der Waals surface area (Å²) in [4.78, 5) is 30.8. The molecule has 3 aromatic heterocycles. The van der Waals surface area contributed by atoms with E-state index in [1.165, 1.54) is 0 Å². The molecule has 1 amide bonds. The number of carbonyl (C=O) groups is 1. The van der Waals surface area contributed by atoms with Gasteiger partial charge in [-0.25, -0.2) is 15.0 Å². The van der Waals surface area contributed by atoms with Crippen molar-refractivity contribution in [3.05, 3.63) is 33.9 Å². The summed E-state index contributed by atoms with van der Waals surface area (Å²) in [5.41, 5.74) is 0.983. The molecule has 1 aliphatic heterocycles. The molecule has 1 fully saturated rings. The van der Waals surface area contributed by atoms with Gasteiger partial charge < -0.3 is 9.80 Å². The first-order valence-corrected chi connectivity index (χ1v) is 9.58. The van der Waals surface area contributed by atoms with E-state index in [1.54, 1.807) is 29.0 Å². The highest BCUT2D eigenvalue weighted by Gasteiger charge is 2.23. The second-order valence-corrected chi connectivity index (χ2v) is 7.60. The summed E-state index contributed by atoms with van der Waals surface area (Å²) < 4.78 is 0. The lowest BCUT2D eigenvalue weighted by atomic mass is 10.2. The van der Waals surface area contributed by atoms with E-state index in [0.717, 1.165) is 52.9 Å².